The van der Waals surface area contributed by atoms with Crippen LogP contribution in [0.15, 0.2) is 66.2 Å². The van der Waals surface area contributed by atoms with Crippen molar-refractivity contribution >= 4 is 52.2 Å². The van der Waals surface area contributed by atoms with Gasteiger partial charge in [0.2, 0.25) is 6.79 Å². The van der Waals surface area contributed by atoms with Crippen molar-refractivity contribution in [2.45, 2.75) is 6.61 Å². The Morgan fingerprint density at radius 2 is 1.75 bits per heavy atom. The Bertz CT molecular complexity index is 1400. The van der Waals surface area contributed by atoms with Crippen molar-refractivity contribution in [3.8, 4) is 23.0 Å². The van der Waals surface area contributed by atoms with Gasteiger partial charge in [0.25, 0.3) is 11.8 Å². The lowest BCUT2D eigenvalue weighted by Gasteiger charge is -2.26. The normalized spacial score (nSPS) is 15.8. The van der Waals surface area contributed by atoms with Gasteiger partial charge in [-0.1, -0.05) is 18.2 Å². The highest BCUT2D eigenvalue weighted by Gasteiger charge is 2.37. The maximum absolute atomic E-state index is 13.2. The van der Waals surface area contributed by atoms with Crippen molar-refractivity contribution in [1.29, 1.82) is 0 Å². The SMILES string of the molecule is COc1cc(/C=C2\C(=O)NC(=O)N(c3ccc4c(c3)OCO4)C2=O)ccc1OCc1ccc(I)cc1. The monoisotopic (exact) mass is 598 g/mol. The molecule has 0 bridgehead atoms. The molecule has 1 N–H and O–H groups in total. The fraction of sp³-hybridized carbons (Fsp3) is 0.115. The molecule has 10 heteroatoms. The third-order valence-corrected chi connectivity index (χ3v) is 6.24. The maximum atomic E-state index is 13.2. The number of ether oxygens (including phenoxy) is 4. The third kappa shape index (κ3) is 4.71. The molecule has 3 aromatic carbocycles. The predicted molar refractivity (Wildman–Crippen MR) is 138 cm³/mol. The summed E-state index contributed by atoms with van der Waals surface area (Å²) in [6.45, 7) is 0.399. The van der Waals surface area contributed by atoms with Gasteiger partial charge < -0.3 is 18.9 Å². The minimum Gasteiger partial charge on any atom is -0.493 e. The summed E-state index contributed by atoms with van der Waals surface area (Å²) in [7, 11) is 1.50. The number of methoxy groups -OCH3 is 1. The van der Waals surface area contributed by atoms with Gasteiger partial charge in [-0.3, -0.25) is 14.9 Å². The van der Waals surface area contributed by atoms with Gasteiger partial charge in [-0.15, -0.1) is 0 Å². The van der Waals surface area contributed by atoms with Crippen LogP contribution < -0.4 is 29.2 Å². The Kier molecular flexibility index (Phi) is 6.51. The number of halogens is 1. The van der Waals surface area contributed by atoms with Gasteiger partial charge in [0.15, 0.2) is 23.0 Å². The van der Waals surface area contributed by atoms with E-state index in [1.54, 1.807) is 30.3 Å². The van der Waals surface area contributed by atoms with E-state index in [4.69, 9.17) is 18.9 Å². The number of barbiturate groups is 1. The first-order valence-corrected chi connectivity index (χ1v) is 11.9. The number of urea groups is 1. The van der Waals surface area contributed by atoms with E-state index in [1.165, 1.54) is 19.3 Å². The molecular formula is C26H19IN2O7. The highest BCUT2D eigenvalue weighted by Crippen LogP contribution is 2.36. The number of hydrogen-bond acceptors (Lipinski definition) is 7. The zero-order valence-corrected chi connectivity index (χ0v) is 21.1. The van der Waals surface area contributed by atoms with Crippen molar-refractivity contribution in [2.24, 2.45) is 0 Å². The molecule has 0 aromatic heterocycles. The number of amides is 4. The van der Waals surface area contributed by atoms with E-state index in [0.29, 0.717) is 35.2 Å². The largest absolute Gasteiger partial charge is 0.493 e. The molecule has 5 rings (SSSR count). The van der Waals surface area contributed by atoms with E-state index >= 15 is 0 Å². The zero-order chi connectivity index (χ0) is 25.2. The summed E-state index contributed by atoms with van der Waals surface area (Å²) in [4.78, 5) is 39.1. The number of carbonyl (C=O) groups excluding carboxylic acids is 3. The lowest BCUT2D eigenvalue weighted by atomic mass is 10.1. The van der Waals surface area contributed by atoms with E-state index in [-0.39, 0.29) is 18.1 Å². The molecule has 0 unspecified atom stereocenters. The van der Waals surface area contributed by atoms with Crippen LogP contribution in [0, 0.1) is 3.57 Å². The summed E-state index contributed by atoms with van der Waals surface area (Å²) in [5.74, 6) is 0.297. The molecule has 2 aliphatic rings. The molecule has 1 saturated heterocycles. The van der Waals surface area contributed by atoms with E-state index in [0.717, 1.165) is 14.0 Å². The first kappa shape index (κ1) is 23.7. The van der Waals surface area contributed by atoms with Gasteiger partial charge in [0.1, 0.15) is 12.2 Å². The molecule has 4 amide bonds. The van der Waals surface area contributed by atoms with Crippen molar-refractivity contribution in [3.05, 3.63) is 80.9 Å². The number of rotatable bonds is 6. The molecular weight excluding hydrogens is 579 g/mol. The van der Waals surface area contributed by atoms with Crippen LogP contribution in [0.3, 0.4) is 0 Å². The highest BCUT2D eigenvalue weighted by molar-refractivity contribution is 14.1. The zero-order valence-electron chi connectivity index (χ0n) is 18.9. The van der Waals surface area contributed by atoms with Gasteiger partial charge in [-0.05, 0) is 76.2 Å². The van der Waals surface area contributed by atoms with Crippen LogP contribution in [-0.4, -0.2) is 31.7 Å². The summed E-state index contributed by atoms with van der Waals surface area (Å²) in [5.41, 5.74) is 1.56. The Labute approximate surface area is 219 Å². The minimum absolute atomic E-state index is 0.0504. The number of benzene rings is 3. The lowest BCUT2D eigenvalue weighted by molar-refractivity contribution is -0.122. The number of carbonyl (C=O) groups is 3. The second kappa shape index (κ2) is 9.90. The van der Waals surface area contributed by atoms with E-state index in [1.807, 2.05) is 24.3 Å². The van der Waals surface area contributed by atoms with Crippen LogP contribution in [-0.2, 0) is 16.2 Å². The number of imide groups is 2. The lowest BCUT2D eigenvalue weighted by Crippen LogP contribution is -2.54. The van der Waals surface area contributed by atoms with Gasteiger partial charge in [0.05, 0.1) is 12.8 Å². The van der Waals surface area contributed by atoms with Crippen LogP contribution in [0.5, 0.6) is 23.0 Å². The quantitative estimate of drug-likeness (QED) is 0.257. The molecule has 0 spiro atoms. The van der Waals surface area contributed by atoms with Crippen molar-refractivity contribution in [3.63, 3.8) is 0 Å². The van der Waals surface area contributed by atoms with Gasteiger partial charge >= 0.3 is 6.03 Å². The number of nitrogens with zero attached hydrogens (tertiary/aromatic N) is 1. The Hall–Kier alpha value is -4.06. The van der Waals surface area contributed by atoms with Crippen molar-refractivity contribution in [1.82, 2.24) is 5.32 Å². The van der Waals surface area contributed by atoms with Gasteiger partial charge in [0, 0.05) is 9.64 Å². The average Bonchev–Trinajstić information content (AvgIpc) is 3.34. The Balaban J connectivity index is 1.39. The third-order valence-electron chi connectivity index (χ3n) is 5.52. The average molecular weight is 598 g/mol. The van der Waals surface area contributed by atoms with Gasteiger partial charge in [-0.25, -0.2) is 9.69 Å². The molecule has 0 atom stereocenters. The van der Waals surface area contributed by atoms with Crippen LogP contribution in [0.2, 0.25) is 0 Å². The Morgan fingerprint density at radius 3 is 2.53 bits per heavy atom. The number of hydrogen-bond donors (Lipinski definition) is 1. The molecule has 2 aliphatic heterocycles. The smallest absolute Gasteiger partial charge is 0.335 e. The van der Waals surface area contributed by atoms with Crippen molar-refractivity contribution in [2.75, 3.05) is 18.8 Å². The first-order valence-electron chi connectivity index (χ1n) is 10.8. The van der Waals surface area contributed by atoms with Crippen LogP contribution >= 0.6 is 22.6 Å². The van der Waals surface area contributed by atoms with Crippen molar-refractivity contribution < 1.29 is 33.3 Å². The molecule has 3 aromatic rings. The van der Waals surface area contributed by atoms with E-state index in [9.17, 15) is 14.4 Å². The fourth-order valence-corrected chi connectivity index (χ4v) is 4.08. The standard InChI is InChI=1S/C26H19IN2O7/c1-33-22-11-16(4-8-20(22)34-13-15-2-5-17(27)6-3-15)10-19-24(30)28-26(32)29(25(19)31)18-7-9-21-23(12-18)36-14-35-21/h2-12H,13-14H2,1H3,(H,28,30,32)/b19-10+. The maximum Gasteiger partial charge on any atom is 0.335 e. The fourth-order valence-electron chi connectivity index (χ4n) is 3.72. The summed E-state index contributed by atoms with van der Waals surface area (Å²) in [6.07, 6.45) is 1.40. The molecule has 0 saturated carbocycles. The molecule has 0 radical (unpaired) electrons. The highest BCUT2D eigenvalue weighted by atomic mass is 127. The van der Waals surface area contributed by atoms with Gasteiger partial charge in [-0.2, -0.15) is 0 Å². The van der Waals surface area contributed by atoms with Crippen LogP contribution in [0.25, 0.3) is 6.08 Å². The first-order chi connectivity index (χ1) is 17.4. The summed E-state index contributed by atoms with van der Waals surface area (Å²) >= 11 is 2.24. The molecule has 9 nitrogen and oxygen atoms in total. The number of fused-ring (bicyclic) bond motifs is 1. The number of anilines is 1. The molecule has 182 valence electrons. The summed E-state index contributed by atoms with van der Waals surface area (Å²) < 4.78 is 23.1. The van der Waals surface area contributed by atoms with E-state index in [2.05, 4.69) is 27.9 Å². The molecule has 2 heterocycles. The predicted octanol–water partition coefficient (Wildman–Crippen LogP) is 4.27. The van der Waals surface area contributed by atoms with Crippen LogP contribution in [0.1, 0.15) is 11.1 Å². The van der Waals surface area contributed by atoms with Crippen LogP contribution in [0.4, 0.5) is 10.5 Å². The topological polar surface area (TPSA) is 103 Å². The molecule has 36 heavy (non-hydrogen) atoms. The summed E-state index contributed by atoms with van der Waals surface area (Å²) in [6, 6.07) is 16.8. The molecule has 1 fully saturated rings. The van der Waals surface area contributed by atoms with E-state index < -0.39 is 17.8 Å². The second-order valence-corrected chi connectivity index (χ2v) is 9.07. The number of nitrogens with one attached hydrogen (secondary N) is 1. The minimum atomic E-state index is -0.849. The second-order valence-electron chi connectivity index (χ2n) is 7.82. The molecule has 0 aliphatic carbocycles. The summed E-state index contributed by atoms with van der Waals surface area (Å²) in [5, 5.41) is 2.21. The Morgan fingerprint density at radius 1 is 0.972 bits per heavy atom.